The van der Waals surface area contributed by atoms with Crippen LogP contribution in [0.1, 0.15) is 30.5 Å². The van der Waals surface area contributed by atoms with E-state index in [2.05, 4.69) is 9.88 Å². The zero-order valence-corrected chi connectivity index (χ0v) is 16.6. The van der Waals surface area contributed by atoms with E-state index < -0.39 is 0 Å². The highest BCUT2D eigenvalue weighted by atomic mass is 19.1. The number of imide groups is 1. The predicted molar refractivity (Wildman–Crippen MR) is 107 cm³/mol. The van der Waals surface area contributed by atoms with Gasteiger partial charge in [-0.25, -0.2) is 14.2 Å². The van der Waals surface area contributed by atoms with Gasteiger partial charge in [-0.05, 0) is 43.6 Å². The maximum absolute atomic E-state index is 14.3. The van der Waals surface area contributed by atoms with Gasteiger partial charge < -0.3 is 4.90 Å². The smallest absolute Gasteiger partial charge is 0.311 e. The van der Waals surface area contributed by atoms with Crippen LogP contribution in [0.5, 0.6) is 0 Å². The Bertz CT molecular complexity index is 910. The number of hydrogen-bond acceptors (Lipinski definition) is 4. The summed E-state index contributed by atoms with van der Waals surface area (Å²) in [6, 6.07) is 10.6. The first-order valence-electron chi connectivity index (χ1n) is 10.0. The van der Waals surface area contributed by atoms with Crippen molar-refractivity contribution in [3.05, 3.63) is 53.5 Å². The van der Waals surface area contributed by atoms with Crippen LogP contribution >= 0.6 is 0 Å². The Hall–Kier alpha value is -2.80. The highest BCUT2D eigenvalue weighted by molar-refractivity contribution is 6.01. The molecule has 4 rings (SSSR count). The molecule has 0 saturated carbocycles. The Morgan fingerprint density at radius 2 is 1.69 bits per heavy atom. The highest BCUT2D eigenvalue weighted by Gasteiger charge is 2.32. The molecule has 0 N–H and O–H groups in total. The van der Waals surface area contributed by atoms with Crippen LogP contribution in [0.2, 0.25) is 0 Å². The fourth-order valence-corrected chi connectivity index (χ4v) is 3.87. The molecule has 3 heterocycles. The van der Waals surface area contributed by atoms with Crippen molar-refractivity contribution >= 4 is 11.9 Å². The van der Waals surface area contributed by atoms with E-state index >= 15 is 0 Å². The van der Waals surface area contributed by atoms with Gasteiger partial charge in [0.2, 0.25) is 5.91 Å². The maximum atomic E-state index is 14.3. The Morgan fingerprint density at radius 3 is 2.34 bits per heavy atom. The number of hydrogen-bond donors (Lipinski definition) is 0. The molecule has 7 heteroatoms. The number of piperidine rings is 1. The molecule has 1 aromatic heterocycles. The van der Waals surface area contributed by atoms with Gasteiger partial charge in [0, 0.05) is 25.7 Å². The number of likely N-dealkylation sites (tertiary alicyclic amines) is 1. The van der Waals surface area contributed by atoms with Crippen LogP contribution in [0.15, 0.2) is 36.4 Å². The number of halogens is 1. The standard InChI is InChI=1S/C22H25FN4O2/c1-25-21(28)15-27(22(25)29)13-16-5-7-17(8-6-16)19-10-9-18(23)20(24-19)14-26-11-3-2-4-12-26/h5-10H,2-4,11-15H2,1H3. The van der Waals surface area contributed by atoms with Crippen molar-refractivity contribution in [3.63, 3.8) is 0 Å². The van der Waals surface area contributed by atoms with Crippen molar-refractivity contribution in [2.45, 2.75) is 32.4 Å². The summed E-state index contributed by atoms with van der Waals surface area (Å²) in [6.07, 6.45) is 3.56. The molecule has 2 saturated heterocycles. The molecule has 2 aliphatic rings. The van der Waals surface area contributed by atoms with Crippen molar-refractivity contribution in [1.29, 1.82) is 0 Å². The SMILES string of the molecule is CN1C(=O)CN(Cc2ccc(-c3ccc(F)c(CN4CCCCC4)n3)cc2)C1=O. The van der Waals surface area contributed by atoms with Crippen molar-refractivity contribution in [1.82, 2.24) is 19.7 Å². The summed E-state index contributed by atoms with van der Waals surface area (Å²) in [6.45, 7) is 3.01. The van der Waals surface area contributed by atoms with E-state index in [0.717, 1.165) is 47.7 Å². The Morgan fingerprint density at radius 1 is 0.966 bits per heavy atom. The number of carbonyl (C=O) groups is 2. The molecule has 2 aromatic rings. The van der Waals surface area contributed by atoms with E-state index in [0.29, 0.717) is 18.8 Å². The van der Waals surface area contributed by atoms with E-state index in [-0.39, 0.29) is 24.3 Å². The Balaban J connectivity index is 1.46. The molecule has 29 heavy (non-hydrogen) atoms. The van der Waals surface area contributed by atoms with E-state index in [1.165, 1.54) is 24.4 Å². The number of carbonyl (C=O) groups excluding carboxylic acids is 2. The van der Waals surface area contributed by atoms with E-state index in [1.54, 1.807) is 6.07 Å². The zero-order chi connectivity index (χ0) is 20.4. The number of likely N-dealkylation sites (N-methyl/N-ethyl adjacent to an activating group) is 1. The normalized spacial score (nSPS) is 18.0. The lowest BCUT2D eigenvalue weighted by atomic mass is 10.1. The Kier molecular flexibility index (Phi) is 5.58. The minimum absolute atomic E-state index is 0.108. The molecule has 0 atom stereocenters. The van der Waals surface area contributed by atoms with Crippen LogP contribution in [0, 0.1) is 5.82 Å². The minimum Gasteiger partial charge on any atom is -0.311 e. The van der Waals surface area contributed by atoms with Crippen LogP contribution in [0.4, 0.5) is 9.18 Å². The fourth-order valence-electron chi connectivity index (χ4n) is 3.87. The fraction of sp³-hybridized carbons (Fsp3) is 0.409. The summed E-state index contributed by atoms with van der Waals surface area (Å²) in [4.78, 5) is 33.2. The summed E-state index contributed by atoms with van der Waals surface area (Å²) in [5, 5.41) is 0. The van der Waals surface area contributed by atoms with Gasteiger partial charge in [0.15, 0.2) is 0 Å². The van der Waals surface area contributed by atoms with Crippen LogP contribution in [0.25, 0.3) is 11.3 Å². The second-order valence-corrected chi connectivity index (χ2v) is 7.75. The third-order valence-corrected chi connectivity index (χ3v) is 5.62. The second-order valence-electron chi connectivity index (χ2n) is 7.75. The number of nitrogens with zero attached hydrogens (tertiary/aromatic N) is 4. The largest absolute Gasteiger partial charge is 0.327 e. The number of benzene rings is 1. The lowest BCUT2D eigenvalue weighted by Gasteiger charge is -2.26. The molecule has 2 fully saturated rings. The van der Waals surface area contributed by atoms with Gasteiger partial charge in [-0.2, -0.15) is 0 Å². The molecule has 3 amide bonds. The summed E-state index contributed by atoms with van der Waals surface area (Å²) >= 11 is 0. The molecule has 0 aliphatic carbocycles. The van der Waals surface area contributed by atoms with E-state index in [4.69, 9.17) is 0 Å². The maximum Gasteiger partial charge on any atom is 0.327 e. The highest BCUT2D eigenvalue weighted by Crippen LogP contribution is 2.22. The van der Waals surface area contributed by atoms with Crippen LogP contribution in [-0.4, -0.2) is 58.3 Å². The van der Waals surface area contributed by atoms with Crippen molar-refractivity contribution < 1.29 is 14.0 Å². The number of urea groups is 1. The average Bonchev–Trinajstić information content (AvgIpc) is 2.98. The first kappa shape index (κ1) is 19.5. The second kappa shape index (κ2) is 8.29. The number of rotatable bonds is 5. The van der Waals surface area contributed by atoms with Gasteiger partial charge >= 0.3 is 6.03 Å². The third-order valence-electron chi connectivity index (χ3n) is 5.62. The third kappa shape index (κ3) is 4.29. The average molecular weight is 396 g/mol. The molecule has 1 aromatic carbocycles. The van der Waals surface area contributed by atoms with Crippen molar-refractivity contribution in [2.24, 2.45) is 0 Å². The monoisotopic (exact) mass is 396 g/mol. The molecular formula is C22H25FN4O2. The van der Waals surface area contributed by atoms with Gasteiger partial charge in [-0.3, -0.25) is 14.6 Å². The predicted octanol–water partition coefficient (Wildman–Crippen LogP) is 3.27. The van der Waals surface area contributed by atoms with Crippen molar-refractivity contribution in [3.8, 4) is 11.3 Å². The number of amides is 3. The molecule has 2 aliphatic heterocycles. The van der Waals surface area contributed by atoms with Gasteiger partial charge in [0.1, 0.15) is 12.4 Å². The first-order chi connectivity index (χ1) is 14.0. The molecule has 0 radical (unpaired) electrons. The molecule has 0 unspecified atom stereocenters. The van der Waals surface area contributed by atoms with Gasteiger partial charge in [-0.15, -0.1) is 0 Å². The van der Waals surface area contributed by atoms with Gasteiger partial charge in [-0.1, -0.05) is 30.7 Å². The number of aromatic nitrogens is 1. The summed E-state index contributed by atoms with van der Waals surface area (Å²) < 4.78 is 14.3. The minimum atomic E-state index is -0.276. The topological polar surface area (TPSA) is 56.8 Å². The van der Waals surface area contributed by atoms with Gasteiger partial charge in [0.25, 0.3) is 0 Å². The summed E-state index contributed by atoms with van der Waals surface area (Å²) in [7, 11) is 1.50. The lowest BCUT2D eigenvalue weighted by Crippen LogP contribution is -2.29. The summed E-state index contributed by atoms with van der Waals surface area (Å²) in [5.41, 5.74) is 3.05. The molecule has 6 nitrogen and oxygen atoms in total. The number of pyridine rings is 1. The summed E-state index contributed by atoms with van der Waals surface area (Å²) in [5.74, 6) is -0.458. The molecule has 0 bridgehead atoms. The van der Waals surface area contributed by atoms with E-state index in [1.807, 2.05) is 24.3 Å². The first-order valence-corrected chi connectivity index (χ1v) is 10.0. The van der Waals surface area contributed by atoms with Crippen LogP contribution < -0.4 is 0 Å². The molecular weight excluding hydrogens is 371 g/mol. The van der Waals surface area contributed by atoms with E-state index in [9.17, 15) is 14.0 Å². The van der Waals surface area contributed by atoms with Gasteiger partial charge in [0.05, 0.1) is 11.4 Å². The zero-order valence-electron chi connectivity index (χ0n) is 16.6. The van der Waals surface area contributed by atoms with Crippen LogP contribution in [-0.2, 0) is 17.9 Å². The quantitative estimate of drug-likeness (QED) is 0.728. The van der Waals surface area contributed by atoms with Crippen LogP contribution in [0.3, 0.4) is 0 Å². The molecule has 152 valence electrons. The lowest BCUT2D eigenvalue weighted by molar-refractivity contribution is -0.124. The Labute approximate surface area is 169 Å². The molecule has 0 spiro atoms. The van der Waals surface area contributed by atoms with Crippen molar-refractivity contribution in [2.75, 3.05) is 26.7 Å².